The number of carbonyl (C=O) groups excluding carboxylic acids is 1. The van der Waals surface area contributed by atoms with Crippen LogP contribution in [-0.2, 0) is 9.53 Å². The first kappa shape index (κ1) is 17.8. The zero-order chi connectivity index (χ0) is 16.2. The second-order valence-electron chi connectivity index (χ2n) is 3.81. The molecule has 8 heteroatoms. The van der Waals surface area contributed by atoms with Gasteiger partial charge in [-0.1, -0.05) is 41.7 Å². The number of carboxylic acid groups (broad SMARTS) is 1. The van der Waals surface area contributed by atoms with Crippen molar-refractivity contribution in [1.82, 2.24) is 4.98 Å². The minimum atomic E-state index is -1.41. The first-order valence-electron chi connectivity index (χ1n) is 5.98. The molecule has 0 aliphatic heterocycles. The van der Waals surface area contributed by atoms with E-state index in [1.54, 1.807) is 13.8 Å². The predicted octanol–water partition coefficient (Wildman–Crippen LogP) is 4.01. The first-order chi connectivity index (χ1) is 9.84. The Bertz CT molecular complexity index is 614. The molecule has 0 aliphatic carbocycles. The Labute approximate surface area is 136 Å². The largest absolute Gasteiger partial charge is 0.497 e. The molecule has 21 heavy (non-hydrogen) atoms. The van der Waals surface area contributed by atoms with E-state index in [-0.39, 0.29) is 39.5 Å². The highest BCUT2D eigenvalue weighted by molar-refractivity contribution is 6.49. The van der Waals surface area contributed by atoms with E-state index in [0.29, 0.717) is 0 Å². The average Bonchev–Trinajstić information content (AvgIpc) is 2.43. The predicted molar refractivity (Wildman–Crippen MR) is 80.2 cm³/mol. The van der Waals surface area contributed by atoms with Crippen molar-refractivity contribution in [2.24, 2.45) is 0 Å². The number of aliphatic carboxylic acids is 1. The standard InChI is InChI=1S/C13H12Cl3NO4/c1-3-7(21-4-2)8(13(19)20)11(18)6-5-17-12(16)10(15)9(6)14/h5H,3-4H2,1-2H3,(H,19,20). The summed E-state index contributed by atoms with van der Waals surface area (Å²) in [5.41, 5.74) is -0.643. The number of carboxylic acids is 1. The van der Waals surface area contributed by atoms with Crippen LogP contribution in [0.3, 0.4) is 0 Å². The van der Waals surface area contributed by atoms with Crippen molar-refractivity contribution in [2.45, 2.75) is 20.3 Å². The van der Waals surface area contributed by atoms with Gasteiger partial charge in [0.1, 0.15) is 16.5 Å². The minimum Gasteiger partial charge on any atom is -0.497 e. The van der Waals surface area contributed by atoms with Gasteiger partial charge in [0.25, 0.3) is 0 Å². The Morgan fingerprint density at radius 3 is 2.33 bits per heavy atom. The van der Waals surface area contributed by atoms with E-state index in [9.17, 15) is 14.7 Å². The number of pyridine rings is 1. The second kappa shape index (κ2) is 7.64. The number of carbonyl (C=O) groups is 2. The molecule has 1 heterocycles. The zero-order valence-corrected chi connectivity index (χ0v) is 13.5. The van der Waals surface area contributed by atoms with Crippen LogP contribution in [0.5, 0.6) is 0 Å². The Morgan fingerprint density at radius 1 is 1.24 bits per heavy atom. The van der Waals surface area contributed by atoms with Crippen LogP contribution in [0.1, 0.15) is 30.6 Å². The highest BCUT2D eigenvalue weighted by Crippen LogP contribution is 2.32. The number of Topliss-reactive ketones (excluding diaryl/α,β-unsaturated/α-hetero) is 1. The average molecular weight is 353 g/mol. The summed E-state index contributed by atoms with van der Waals surface area (Å²) >= 11 is 17.4. The molecular weight excluding hydrogens is 341 g/mol. The third-order valence-corrected chi connectivity index (χ3v) is 3.76. The molecule has 0 radical (unpaired) electrons. The summed E-state index contributed by atoms with van der Waals surface area (Å²) in [4.78, 5) is 27.5. The van der Waals surface area contributed by atoms with Gasteiger partial charge in [0, 0.05) is 12.6 Å². The number of allylic oxidation sites excluding steroid dienone is 1. The van der Waals surface area contributed by atoms with Gasteiger partial charge in [-0.05, 0) is 6.92 Å². The zero-order valence-electron chi connectivity index (χ0n) is 11.2. The molecule has 0 bridgehead atoms. The summed E-state index contributed by atoms with van der Waals surface area (Å²) in [7, 11) is 0. The second-order valence-corrected chi connectivity index (χ2v) is 4.92. The molecule has 0 aromatic carbocycles. The molecular formula is C13H12Cl3NO4. The smallest absolute Gasteiger partial charge is 0.343 e. The fraction of sp³-hybridized carbons (Fsp3) is 0.308. The number of aromatic nitrogens is 1. The lowest BCUT2D eigenvalue weighted by Crippen LogP contribution is -2.17. The van der Waals surface area contributed by atoms with Crippen LogP contribution >= 0.6 is 34.8 Å². The highest BCUT2D eigenvalue weighted by atomic mass is 35.5. The van der Waals surface area contributed by atoms with Crippen LogP contribution in [0, 0.1) is 0 Å². The van der Waals surface area contributed by atoms with Crippen molar-refractivity contribution in [3.05, 3.63) is 38.3 Å². The molecule has 1 rings (SSSR count). The van der Waals surface area contributed by atoms with Crippen molar-refractivity contribution in [3.8, 4) is 0 Å². The van der Waals surface area contributed by atoms with E-state index < -0.39 is 17.3 Å². The van der Waals surface area contributed by atoms with Gasteiger partial charge in [-0.2, -0.15) is 0 Å². The molecule has 0 unspecified atom stereocenters. The van der Waals surface area contributed by atoms with Gasteiger partial charge < -0.3 is 9.84 Å². The molecule has 0 atom stereocenters. The third-order valence-electron chi connectivity index (χ3n) is 2.52. The first-order valence-corrected chi connectivity index (χ1v) is 7.11. The van der Waals surface area contributed by atoms with E-state index in [1.807, 2.05) is 0 Å². The molecule has 0 spiro atoms. The van der Waals surface area contributed by atoms with Gasteiger partial charge in [0.05, 0.1) is 22.2 Å². The normalized spacial score (nSPS) is 11.9. The van der Waals surface area contributed by atoms with Crippen LogP contribution in [0.2, 0.25) is 15.2 Å². The Hall–Kier alpha value is -1.30. The number of halogens is 3. The number of hydrogen-bond acceptors (Lipinski definition) is 4. The van der Waals surface area contributed by atoms with Gasteiger partial charge in [-0.3, -0.25) is 4.79 Å². The maximum atomic E-state index is 12.4. The number of nitrogens with zero attached hydrogens (tertiary/aromatic N) is 1. The summed E-state index contributed by atoms with van der Waals surface area (Å²) in [6.45, 7) is 3.60. The lowest BCUT2D eigenvalue weighted by Gasteiger charge is -2.12. The van der Waals surface area contributed by atoms with E-state index >= 15 is 0 Å². The number of rotatable bonds is 6. The van der Waals surface area contributed by atoms with E-state index in [1.165, 1.54) is 0 Å². The fourth-order valence-corrected chi connectivity index (χ4v) is 2.17. The molecule has 0 aliphatic rings. The summed E-state index contributed by atoms with van der Waals surface area (Å²) < 4.78 is 5.21. The molecule has 1 N–H and O–H groups in total. The van der Waals surface area contributed by atoms with Crippen molar-refractivity contribution in [2.75, 3.05) is 6.61 Å². The van der Waals surface area contributed by atoms with Crippen molar-refractivity contribution in [3.63, 3.8) is 0 Å². The maximum absolute atomic E-state index is 12.4. The van der Waals surface area contributed by atoms with Gasteiger partial charge in [0.2, 0.25) is 5.78 Å². The highest BCUT2D eigenvalue weighted by Gasteiger charge is 2.27. The number of hydrogen-bond donors (Lipinski definition) is 1. The molecule has 0 fully saturated rings. The van der Waals surface area contributed by atoms with Crippen LogP contribution in [-0.4, -0.2) is 28.4 Å². The molecule has 0 saturated carbocycles. The molecule has 0 amide bonds. The van der Waals surface area contributed by atoms with E-state index in [0.717, 1.165) is 6.20 Å². The molecule has 1 aromatic heterocycles. The number of ether oxygens (including phenoxy) is 1. The number of ketones is 1. The van der Waals surface area contributed by atoms with Crippen molar-refractivity contribution >= 4 is 46.6 Å². The topological polar surface area (TPSA) is 76.5 Å². The van der Waals surface area contributed by atoms with Gasteiger partial charge in [0.15, 0.2) is 0 Å². The van der Waals surface area contributed by atoms with Gasteiger partial charge in [-0.25, -0.2) is 9.78 Å². The SMILES string of the molecule is CCOC(CC)=C(C(=O)O)C(=O)c1cnc(Cl)c(Cl)c1Cl. The van der Waals surface area contributed by atoms with Crippen molar-refractivity contribution in [1.29, 1.82) is 0 Å². The van der Waals surface area contributed by atoms with Crippen LogP contribution < -0.4 is 0 Å². The van der Waals surface area contributed by atoms with E-state index in [2.05, 4.69) is 4.98 Å². The molecule has 114 valence electrons. The minimum absolute atomic E-state index is 0.0668. The molecule has 1 aromatic rings. The third kappa shape index (κ3) is 3.87. The monoisotopic (exact) mass is 351 g/mol. The summed E-state index contributed by atoms with van der Waals surface area (Å²) in [5.74, 6) is -2.17. The van der Waals surface area contributed by atoms with Crippen LogP contribution in [0.4, 0.5) is 0 Å². The van der Waals surface area contributed by atoms with Gasteiger partial charge in [-0.15, -0.1) is 0 Å². The molecule has 5 nitrogen and oxygen atoms in total. The van der Waals surface area contributed by atoms with E-state index in [4.69, 9.17) is 39.5 Å². The Morgan fingerprint density at radius 2 is 1.86 bits per heavy atom. The summed E-state index contributed by atoms with van der Waals surface area (Å²) in [5, 5.41) is 8.94. The van der Waals surface area contributed by atoms with Gasteiger partial charge >= 0.3 is 5.97 Å². The lowest BCUT2D eigenvalue weighted by molar-refractivity contribution is -0.132. The summed E-state index contributed by atoms with van der Waals surface area (Å²) in [6, 6.07) is 0. The maximum Gasteiger partial charge on any atom is 0.343 e. The Balaban J connectivity index is 3.45. The summed E-state index contributed by atoms with van der Waals surface area (Å²) in [6.07, 6.45) is 1.33. The Kier molecular flexibility index (Phi) is 6.45. The molecule has 0 saturated heterocycles. The van der Waals surface area contributed by atoms with Crippen LogP contribution in [0.15, 0.2) is 17.5 Å². The quantitative estimate of drug-likeness (QED) is 0.209. The fourth-order valence-electron chi connectivity index (χ4n) is 1.60. The van der Waals surface area contributed by atoms with Crippen LogP contribution in [0.25, 0.3) is 0 Å². The van der Waals surface area contributed by atoms with Crippen molar-refractivity contribution < 1.29 is 19.4 Å². The lowest BCUT2D eigenvalue weighted by atomic mass is 10.0.